The third kappa shape index (κ3) is 9.79. The van der Waals surface area contributed by atoms with Crippen LogP contribution in [0.2, 0.25) is 0 Å². The van der Waals surface area contributed by atoms with E-state index in [1.807, 2.05) is 36.4 Å². The van der Waals surface area contributed by atoms with Crippen molar-refractivity contribution in [2.24, 2.45) is 5.92 Å². The normalized spacial score (nSPS) is 14.7. The molecule has 1 amide bonds. The fourth-order valence-electron chi connectivity index (χ4n) is 3.57. The smallest absolute Gasteiger partial charge is 0.207 e. The molecule has 0 spiro atoms. The Labute approximate surface area is 192 Å². The van der Waals surface area contributed by atoms with Crippen LogP contribution >= 0.6 is 0 Å². The van der Waals surface area contributed by atoms with Gasteiger partial charge in [-0.3, -0.25) is 9.69 Å². The van der Waals surface area contributed by atoms with Crippen LogP contribution in [-0.4, -0.2) is 56.0 Å². The Balaban J connectivity index is 0.000000229. The summed E-state index contributed by atoms with van der Waals surface area (Å²) in [5.41, 5.74) is 2.26. The van der Waals surface area contributed by atoms with E-state index in [-0.39, 0.29) is 5.82 Å². The van der Waals surface area contributed by atoms with Crippen LogP contribution in [0.25, 0.3) is 0 Å². The van der Waals surface area contributed by atoms with Crippen LogP contribution in [0.3, 0.4) is 0 Å². The lowest BCUT2D eigenvalue weighted by Gasteiger charge is -2.35. The quantitative estimate of drug-likeness (QED) is 0.587. The summed E-state index contributed by atoms with van der Waals surface area (Å²) in [5, 5.41) is 2.61. The van der Waals surface area contributed by atoms with Crippen molar-refractivity contribution in [3.8, 4) is 5.75 Å². The molecular formula is C26H38FN3O2. The van der Waals surface area contributed by atoms with E-state index in [1.165, 1.54) is 43.6 Å². The lowest BCUT2D eigenvalue weighted by Crippen LogP contribution is -2.41. The highest BCUT2D eigenvalue weighted by atomic mass is 19.1. The Bertz CT molecular complexity index is 773. The number of amides is 1. The number of benzene rings is 2. The minimum Gasteiger partial charge on any atom is -0.493 e. The maximum atomic E-state index is 12.8. The number of nitrogens with one attached hydrogen (secondary N) is 1. The van der Waals surface area contributed by atoms with Crippen LogP contribution < -0.4 is 10.1 Å². The van der Waals surface area contributed by atoms with E-state index in [0.717, 1.165) is 24.5 Å². The van der Waals surface area contributed by atoms with Gasteiger partial charge in [-0.05, 0) is 81.3 Å². The molecule has 3 rings (SSSR count). The van der Waals surface area contributed by atoms with E-state index >= 15 is 0 Å². The fourth-order valence-corrected chi connectivity index (χ4v) is 3.57. The molecule has 32 heavy (non-hydrogen) atoms. The van der Waals surface area contributed by atoms with Crippen molar-refractivity contribution in [2.75, 3.05) is 33.8 Å². The lowest BCUT2D eigenvalue weighted by molar-refractivity contribution is -0.109. The monoisotopic (exact) mass is 443 g/mol. The minimum atomic E-state index is -0.157. The number of ether oxygens (including phenoxy) is 1. The van der Waals surface area contributed by atoms with Gasteiger partial charge in [-0.2, -0.15) is 0 Å². The van der Waals surface area contributed by atoms with Gasteiger partial charge in [0.1, 0.15) is 11.6 Å². The molecule has 0 aromatic heterocycles. The molecule has 0 unspecified atom stereocenters. The largest absolute Gasteiger partial charge is 0.493 e. The molecule has 0 bridgehead atoms. The maximum absolute atomic E-state index is 12.8. The van der Waals surface area contributed by atoms with Crippen molar-refractivity contribution < 1.29 is 13.9 Å². The van der Waals surface area contributed by atoms with E-state index in [0.29, 0.717) is 24.9 Å². The van der Waals surface area contributed by atoms with Crippen LogP contribution in [0, 0.1) is 11.7 Å². The van der Waals surface area contributed by atoms with Crippen molar-refractivity contribution >= 4 is 6.41 Å². The summed E-state index contributed by atoms with van der Waals surface area (Å²) in [7, 11) is 4.34. The highest BCUT2D eigenvalue weighted by Gasteiger charge is 2.20. The summed E-state index contributed by atoms with van der Waals surface area (Å²) in [6.45, 7) is 8.79. The minimum absolute atomic E-state index is 0.157. The van der Waals surface area contributed by atoms with E-state index < -0.39 is 0 Å². The first kappa shape index (κ1) is 25.8. The summed E-state index contributed by atoms with van der Waals surface area (Å²) in [5.74, 6) is 1.25. The molecule has 0 atom stereocenters. The maximum Gasteiger partial charge on any atom is 0.207 e. The topological polar surface area (TPSA) is 44.8 Å². The van der Waals surface area contributed by atoms with Crippen LogP contribution in [0.5, 0.6) is 5.75 Å². The molecule has 1 aliphatic rings. The number of carbonyl (C=O) groups is 1. The average Bonchev–Trinajstić information content (AvgIpc) is 2.79. The summed E-state index contributed by atoms with van der Waals surface area (Å²) in [6, 6.07) is 15.2. The van der Waals surface area contributed by atoms with Gasteiger partial charge in [0.2, 0.25) is 6.41 Å². The van der Waals surface area contributed by atoms with Gasteiger partial charge in [0.15, 0.2) is 0 Å². The number of piperidine rings is 1. The zero-order valence-electron chi connectivity index (χ0n) is 19.9. The highest BCUT2D eigenvalue weighted by Crippen LogP contribution is 2.17. The van der Waals surface area contributed by atoms with Gasteiger partial charge in [-0.25, -0.2) is 4.39 Å². The van der Waals surface area contributed by atoms with E-state index in [2.05, 4.69) is 43.1 Å². The molecule has 1 saturated heterocycles. The van der Waals surface area contributed by atoms with Gasteiger partial charge in [0.05, 0.1) is 6.61 Å². The average molecular weight is 444 g/mol. The molecule has 1 heterocycles. The predicted molar refractivity (Wildman–Crippen MR) is 128 cm³/mol. The molecule has 5 nitrogen and oxygen atoms in total. The number of nitrogens with zero attached hydrogens (tertiary/aromatic N) is 2. The van der Waals surface area contributed by atoms with Crippen LogP contribution in [0.4, 0.5) is 4.39 Å². The molecule has 2 aromatic carbocycles. The number of hydrogen-bond acceptors (Lipinski definition) is 4. The molecule has 0 saturated carbocycles. The highest BCUT2D eigenvalue weighted by molar-refractivity contribution is 5.46. The molecule has 1 N–H and O–H groups in total. The van der Waals surface area contributed by atoms with E-state index in [9.17, 15) is 9.18 Å². The second-order valence-corrected chi connectivity index (χ2v) is 8.92. The Hall–Kier alpha value is -2.44. The Morgan fingerprint density at radius 2 is 1.69 bits per heavy atom. The summed E-state index contributed by atoms with van der Waals surface area (Å²) < 4.78 is 18.3. The molecule has 6 heteroatoms. The van der Waals surface area contributed by atoms with Crippen LogP contribution in [0.15, 0.2) is 48.5 Å². The fraction of sp³-hybridized carbons (Fsp3) is 0.500. The summed E-state index contributed by atoms with van der Waals surface area (Å²) >= 11 is 0. The summed E-state index contributed by atoms with van der Waals surface area (Å²) in [4.78, 5) is 14.9. The lowest BCUT2D eigenvalue weighted by atomic mass is 10.0. The molecule has 1 aliphatic heterocycles. The van der Waals surface area contributed by atoms with Gasteiger partial charge < -0.3 is 15.0 Å². The second kappa shape index (κ2) is 13.9. The number of hydrogen-bond donors (Lipinski definition) is 1. The third-order valence-electron chi connectivity index (χ3n) is 5.55. The van der Waals surface area contributed by atoms with Crippen molar-refractivity contribution in [1.82, 2.24) is 15.1 Å². The van der Waals surface area contributed by atoms with Gasteiger partial charge >= 0.3 is 0 Å². The first-order chi connectivity index (χ1) is 15.4. The van der Waals surface area contributed by atoms with Crippen molar-refractivity contribution in [2.45, 2.75) is 45.8 Å². The first-order valence-corrected chi connectivity index (χ1v) is 11.4. The number of likely N-dealkylation sites (tertiary alicyclic amines) is 1. The van der Waals surface area contributed by atoms with Crippen molar-refractivity contribution in [3.63, 3.8) is 0 Å². The summed E-state index contributed by atoms with van der Waals surface area (Å²) in [6.07, 6.45) is 3.16. The number of halogens is 1. The van der Waals surface area contributed by atoms with Crippen LogP contribution in [-0.2, 0) is 17.9 Å². The standard InChI is InChI=1S/C14H21FN2.C12H17NO2/c1-16-9-7-14(8-10-16)17(2)11-12-3-5-13(15)6-4-12;1-10(2)8-15-12-5-3-11(4-6-12)7-13-9-14/h3-6,14H,7-11H2,1-2H3;3-6,9-10H,7-8H2,1-2H3,(H,13,14). The molecule has 0 radical (unpaired) electrons. The van der Waals surface area contributed by atoms with Gasteiger partial charge in [0.25, 0.3) is 0 Å². The Kier molecular flexibility index (Phi) is 11.2. The zero-order valence-corrected chi connectivity index (χ0v) is 19.9. The Morgan fingerprint density at radius 3 is 2.25 bits per heavy atom. The van der Waals surface area contributed by atoms with Gasteiger partial charge in [-0.1, -0.05) is 38.1 Å². The molecular weight excluding hydrogens is 405 g/mol. The van der Waals surface area contributed by atoms with Gasteiger partial charge in [0, 0.05) is 19.1 Å². The number of carbonyl (C=O) groups excluding carboxylic acids is 1. The second-order valence-electron chi connectivity index (χ2n) is 8.92. The SMILES string of the molecule is CC(C)COc1ccc(CNC=O)cc1.CN1CCC(N(C)Cc2ccc(F)cc2)CC1. The van der Waals surface area contributed by atoms with E-state index in [1.54, 1.807) is 0 Å². The van der Waals surface area contributed by atoms with E-state index in [4.69, 9.17) is 4.74 Å². The Morgan fingerprint density at radius 1 is 1.09 bits per heavy atom. The predicted octanol–water partition coefficient (Wildman–Crippen LogP) is 4.32. The van der Waals surface area contributed by atoms with Crippen LogP contribution in [0.1, 0.15) is 37.8 Å². The van der Waals surface area contributed by atoms with Crippen molar-refractivity contribution in [3.05, 3.63) is 65.5 Å². The molecule has 2 aromatic rings. The third-order valence-corrected chi connectivity index (χ3v) is 5.55. The molecule has 0 aliphatic carbocycles. The molecule has 1 fully saturated rings. The zero-order chi connectivity index (χ0) is 23.3. The number of rotatable bonds is 9. The van der Waals surface area contributed by atoms with Gasteiger partial charge in [-0.15, -0.1) is 0 Å². The van der Waals surface area contributed by atoms with Crippen molar-refractivity contribution in [1.29, 1.82) is 0 Å². The first-order valence-electron chi connectivity index (χ1n) is 11.4. The molecule has 176 valence electrons.